The van der Waals surface area contributed by atoms with Crippen molar-refractivity contribution in [3.8, 4) is 0 Å². The Balaban J connectivity index is -0.000000847. The molecule has 57 heavy (non-hydrogen) atoms. The minimum atomic E-state index is -1.38. The standard InChI is InChI=1S/2C14H24N6O4.2C2H4O2.Cu/c2*15-4-2-1-3-10(14(23)24)20-13(22)11(19-12(21)6-16)5-9-7-17-8-18-9;2*1-2(3)4;/h2*7-8,10-11H,1-6,15-16H2,(H,17,18)(H,19,21)(H,20,22)(H,23,24);2*1H3,(H,3,4);/q;;;;+2/p-2. The van der Waals surface area contributed by atoms with Crippen LogP contribution in [-0.2, 0) is 68.3 Å². The number of carbonyl (C=O) groups excluding carboxylic acids is 6. The fourth-order valence-corrected chi connectivity index (χ4v) is 4.19. The van der Waals surface area contributed by atoms with Crippen LogP contribution in [0.3, 0.4) is 0 Å². The number of hydrogen-bond donors (Lipinski definition) is 12. The maximum Gasteiger partial charge on any atom is 2.00 e. The van der Waals surface area contributed by atoms with Gasteiger partial charge in [-0.2, -0.15) is 0 Å². The number of carbonyl (C=O) groups is 8. The summed E-state index contributed by atoms with van der Waals surface area (Å²) in [5.41, 5.74) is 22.4. The predicted molar refractivity (Wildman–Crippen MR) is 193 cm³/mol. The number of nitrogens with zero attached hydrogens (tertiary/aromatic N) is 2. The first kappa shape index (κ1) is 55.9. The molecule has 4 amide bonds. The number of unbranched alkanes of at least 4 members (excludes halogenated alkanes) is 2. The second kappa shape index (κ2) is 33.8. The number of amides is 4. The largest absolute Gasteiger partial charge is 2.00 e. The number of aromatic amines is 2. The van der Waals surface area contributed by atoms with Gasteiger partial charge in [0.15, 0.2) is 0 Å². The van der Waals surface area contributed by atoms with Crippen LogP contribution in [0.15, 0.2) is 25.0 Å². The fourth-order valence-electron chi connectivity index (χ4n) is 4.19. The number of nitrogens with one attached hydrogen (secondary N) is 6. The Kier molecular flexibility index (Phi) is 33.2. The first-order valence-electron chi connectivity index (χ1n) is 17.2. The van der Waals surface area contributed by atoms with Crippen LogP contribution in [0, 0.1) is 0 Å². The van der Waals surface area contributed by atoms with Crippen LogP contribution in [0.2, 0.25) is 0 Å². The third-order valence-corrected chi connectivity index (χ3v) is 6.73. The minimum Gasteiger partial charge on any atom is -0.548 e. The first-order valence-corrected chi connectivity index (χ1v) is 17.2. The Morgan fingerprint density at radius 2 is 0.930 bits per heavy atom. The molecule has 0 aliphatic carbocycles. The molecule has 0 fully saturated rings. The van der Waals surface area contributed by atoms with Gasteiger partial charge in [0, 0.05) is 50.5 Å². The van der Waals surface area contributed by atoms with Crippen molar-refractivity contribution >= 4 is 47.5 Å². The zero-order chi connectivity index (χ0) is 43.1. The molecule has 0 aromatic carbocycles. The molecule has 325 valence electrons. The smallest absolute Gasteiger partial charge is 0.548 e. The molecule has 2 rings (SSSR count). The summed E-state index contributed by atoms with van der Waals surface area (Å²) >= 11 is 0. The Morgan fingerprint density at radius 3 is 1.16 bits per heavy atom. The Morgan fingerprint density at radius 1 is 0.614 bits per heavy atom. The van der Waals surface area contributed by atoms with Gasteiger partial charge in [-0.3, -0.25) is 28.8 Å². The molecule has 0 aliphatic heterocycles. The van der Waals surface area contributed by atoms with E-state index in [2.05, 4.69) is 41.2 Å². The molecule has 2 aromatic rings. The van der Waals surface area contributed by atoms with Gasteiger partial charge >= 0.3 is 17.1 Å². The van der Waals surface area contributed by atoms with Crippen molar-refractivity contribution in [2.45, 2.75) is 89.4 Å². The van der Waals surface area contributed by atoms with E-state index in [1.807, 2.05) is 0 Å². The van der Waals surface area contributed by atoms with Crippen molar-refractivity contribution < 1.29 is 75.9 Å². The van der Waals surface area contributed by atoms with E-state index in [1.54, 1.807) is 0 Å². The zero-order valence-corrected chi connectivity index (χ0v) is 32.5. The van der Waals surface area contributed by atoms with Crippen LogP contribution in [0.1, 0.15) is 63.8 Å². The van der Waals surface area contributed by atoms with Crippen molar-refractivity contribution in [3.63, 3.8) is 0 Å². The van der Waals surface area contributed by atoms with Crippen LogP contribution in [0.25, 0.3) is 0 Å². The summed E-state index contributed by atoms with van der Waals surface area (Å²) in [6.07, 6.45) is 8.89. The molecule has 4 atom stereocenters. The van der Waals surface area contributed by atoms with Crippen LogP contribution >= 0.6 is 0 Å². The summed E-state index contributed by atoms with van der Waals surface area (Å²) in [6, 6.07) is -4.25. The van der Waals surface area contributed by atoms with Crippen molar-refractivity contribution in [3.05, 3.63) is 36.4 Å². The number of aliphatic carboxylic acids is 4. The number of nitrogens with two attached hydrogens (primary N) is 4. The predicted octanol–water partition coefficient (Wildman–Crippen LogP) is -6.30. The van der Waals surface area contributed by atoms with Gasteiger partial charge < -0.3 is 84.2 Å². The van der Waals surface area contributed by atoms with E-state index in [9.17, 15) is 39.0 Å². The van der Waals surface area contributed by atoms with Crippen LogP contribution in [0.5, 0.6) is 0 Å². The molecule has 0 saturated heterocycles. The molecule has 2 heterocycles. The van der Waals surface area contributed by atoms with Crippen molar-refractivity contribution in [1.82, 2.24) is 41.2 Å². The normalized spacial score (nSPS) is 11.9. The summed E-state index contributed by atoms with van der Waals surface area (Å²) in [6.45, 7) is 2.46. The molecular weight excluding hydrogens is 808 g/mol. The monoisotopic (exact) mass is 861 g/mol. The number of imidazole rings is 2. The molecule has 0 spiro atoms. The molecule has 0 saturated carbocycles. The maximum atomic E-state index is 12.4. The third kappa shape index (κ3) is 30.4. The second-order valence-corrected chi connectivity index (χ2v) is 11.6. The summed E-state index contributed by atoms with van der Waals surface area (Å²) in [4.78, 5) is 101. The molecule has 16 N–H and O–H groups in total. The molecule has 0 bridgehead atoms. The van der Waals surface area contributed by atoms with E-state index in [0.29, 0.717) is 50.2 Å². The van der Waals surface area contributed by atoms with Gasteiger partial charge in [-0.25, -0.2) is 9.97 Å². The average Bonchev–Trinajstić information content (AvgIpc) is 3.84. The van der Waals surface area contributed by atoms with Gasteiger partial charge in [-0.05, 0) is 51.6 Å². The molecule has 24 nitrogen and oxygen atoms in total. The molecular formula is C32H54CuN12O12. The summed E-state index contributed by atoms with van der Waals surface area (Å²) in [5.74, 6) is -6.75. The van der Waals surface area contributed by atoms with Crippen LogP contribution in [0.4, 0.5) is 0 Å². The van der Waals surface area contributed by atoms with Crippen LogP contribution in [-0.4, -0.2) is 128 Å². The molecule has 4 unspecified atom stereocenters. The van der Waals surface area contributed by atoms with Crippen LogP contribution < -0.4 is 54.4 Å². The van der Waals surface area contributed by atoms with Gasteiger partial charge in [-0.1, -0.05) is 0 Å². The van der Waals surface area contributed by atoms with E-state index in [0.717, 1.165) is 13.8 Å². The quantitative estimate of drug-likeness (QED) is 0.0387. The van der Waals surface area contributed by atoms with Crippen molar-refractivity contribution in [1.29, 1.82) is 0 Å². The van der Waals surface area contributed by atoms with Gasteiger partial charge in [0.25, 0.3) is 11.9 Å². The Labute approximate surface area is 338 Å². The second-order valence-electron chi connectivity index (χ2n) is 11.6. The Bertz CT molecular complexity index is 1350. The molecule has 2 aromatic heterocycles. The molecule has 1 radical (unpaired) electrons. The summed E-state index contributed by atoms with van der Waals surface area (Å²) in [5, 5.41) is 46.9. The first-order chi connectivity index (χ1) is 26.4. The molecule has 0 aliphatic rings. The van der Waals surface area contributed by atoms with E-state index < -0.39 is 71.7 Å². The number of carboxylic acid groups (broad SMARTS) is 4. The van der Waals surface area contributed by atoms with E-state index in [4.69, 9.17) is 42.7 Å². The number of hydrogen-bond acceptors (Lipinski definition) is 16. The summed E-state index contributed by atoms with van der Waals surface area (Å²) in [7, 11) is 0. The Hall–Kier alpha value is -5.46. The van der Waals surface area contributed by atoms with E-state index in [1.165, 1.54) is 25.0 Å². The number of aromatic nitrogens is 4. The van der Waals surface area contributed by atoms with E-state index >= 15 is 0 Å². The SMILES string of the molecule is CC(=O)O.CC(=O)O.NCCCCC(NC(=O)C(Cc1cnc[nH]1)NC(=O)CN)C(=O)[O-].NCCCCC(NC(=O)C(Cc1cnc[nH]1)NC(=O)CN)C(=O)[O-].[Cu+2]. The number of H-pyrrole nitrogens is 2. The minimum absolute atomic E-state index is 0. The topological polar surface area (TPSA) is 433 Å². The van der Waals surface area contributed by atoms with Crippen molar-refractivity contribution in [2.75, 3.05) is 26.2 Å². The van der Waals surface area contributed by atoms with Gasteiger partial charge in [0.05, 0.1) is 49.8 Å². The van der Waals surface area contributed by atoms with Gasteiger partial charge in [0.1, 0.15) is 12.1 Å². The number of carboxylic acids is 4. The zero-order valence-electron chi connectivity index (χ0n) is 31.6. The van der Waals surface area contributed by atoms with Gasteiger partial charge in [0.2, 0.25) is 23.6 Å². The summed E-state index contributed by atoms with van der Waals surface area (Å²) < 4.78 is 0. The average molecular weight is 862 g/mol. The van der Waals surface area contributed by atoms with E-state index in [-0.39, 0.29) is 55.8 Å². The fraction of sp³-hybridized carbons (Fsp3) is 0.562. The number of rotatable bonds is 22. The third-order valence-electron chi connectivity index (χ3n) is 6.73. The van der Waals surface area contributed by atoms with Crippen molar-refractivity contribution in [2.24, 2.45) is 22.9 Å². The molecule has 25 heteroatoms. The van der Waals surface area contributed by atoms with Gasteiger partial charge in [-0.15, -0.1) is 0 Å². The maximum absolute atomic E-state index is 12.4.